The highest BCUT2D eigenvalue weighted by atomic mass is 79.9. The van der Waals surface area contributed by atoms with E-state index in [-0.39, 0.29) is 10.1 Å². The second-order valence-electron chi connectivity index (χ2n) is 6.96. The molecule has 0 spiro atoms. The lowest BCUT2D eigenvalue weighted by Gasteiger charge is -2.09. The molecule has 0 unspecified atom stereocenters. The lowest BCUT2D eigenvalue weighted by molar-refractivity contribution is -0.131. The van der Waals surface area contributed by atoms with Gasteiger partial charge in [-0.1, -0.05) is 53.2 Å². The number of rotatable bonds is 7. The Morgan fingerprint density at radius 2 is 1.94 bits per heavy atom. The number of nitrogens with zero attached hydrogens (tertiary/aromatic N) is 3. The molecule has 158 valence electrons. The molecule has 0 aliphatic carbocycles. The first-order valence-electron chi connectivity index (χ1n) is 9.73. The lowest BCUT2D eigenvalue weighted by Crippen LogP contribution is -2.02. The zero-order valence-corrected chi connectivity index (χ0v) is 19.4. The largest absolute Gasteiger partial charge is 0.477 e. The van der Waals surface area contributed by atoms with Crippen LogP contribution in [0.1, 0.15) is 29.6 Å². The van der Waals surface area contributed by atoms with Crippen molar-refractivity contribution >= 4 is 50.6 Å². The van der Waals surface area contributed by atoms with Crippen molar-refractivity contribution in [3.8, 4) is 0 Å². The molecule has 0 saturated carbocycles. The van der Waals surface area contributed by atoms with Gasteiger partial charge in [-0.3, -0.25) is 0 Å². The number of halogens is 1. The Hall–Kier alpha value is -2.84. The standard InChI is InChI=1S/C23H20BrN3O3S/c1-3-21-25-26-23(30-21)31-20(22(28)29)12-18-14(2)27(19-7-5-4-6-17(18)19)13-15-8-10-16(24)11-9-15/h4-12H,3,13H2,1-2H3,(H,28,29)/b20-12-. The molecular formula is C23H20BrN3O3S. The molecule has 2 heterocycles. The van der Waals surface area contributed by atoms with Gasteiger partial charge in [-0.2, -0.15) is 0 Å². The summed E-state index contributed by atoms with van der Waals surface area (Å²) in [5.41, 5.74) is 4.07. The number of carboxylic acid groups (broad SMARTS) is 1. The molecule has 2 aromatic carbocycles. The molecular weight excluding hydrogens is 478 g/mol. The van der Waals surface area contributed by atoms with Crippen LogP contribution in [0.4, 0.5) is 0 Å². The monoisotopic (exact) mass is 497 g/mol. The molecule has 6 nitrogen and oxygen atoms in total. The Bertz CT molecular complexity index is 1280. The van der Waals surface area contributed by atoms with E-state index in [0.717, 1.165) is 44.0 Å². The van der Waals surface area contributed by atoms with Crippen molar-refractivity contribution in [3.05, 3.63) is 80.6 Å². The smallest absolute Gasteiger partial charge is 0.342 e. The van der Waals surface area contributed by atoms with Crippen molar-refractivity contribution in [1.29, 1.82) is 0 Å². The molecule has 8 heteroatoms. The Morgan fingerprint density at radius 1 is 1.19 bits per heavy atom. The van der Waals surface area contributed by atoms with Crippen molar-refractivity contribution in [2.24, 2.45) is 0 Å². The van der Waals surface area contributed by atoms with Crippen LogP contribution in [0.25, 0.3) is 17.0 Å². The Balaban J connectivity index is 1.77. The number of para-hydroxylation sites is 1. The highest BCUT2D eigenvalue weighted by Gasteiger charge is 2.18. The van der Waals surface area contributed by atoms with Gasteiger partial charge in [0.25, 0.3) is 5.22 Å². The van der Waals surface area contributed by atoms with Crippen LogP contribution < -0.4 is 0 Å². The van der Waals surface area contributed by atoms with E-state index in [0.29, 0.717) is 18.9 Å². The predicted molar refractivity (Wildman–Crippen MR) is 125 cm³/mol. The highest BCUT2D eigenvalue weighted by Crippen LogP contribution is 2.33. The van der Waals surface area contributed by atoms with Crippen LogP contribution in [0.2, 0.25) is 0 Å². The van der Waals surface area contributed by atoms with Gasteiger partial charge < -0.3 is 14.1 Å². The Labute approximate surface area is 192 Å². The highest BCUT2D eigenvalue weighted by molar-refractivity contribution is 9.10. The maximum atomic E-state index is 12.0. The summed E-state index contributed by atoms with van der Waals surface area (Å²) >= 11 is 4.44. The third-order valence-corrected chi connectivity index (χ3v) is 6.35. The van der Waals surface area contributed by atoms with Crippen LogP contribution in [0.5, 0.6) is 0 Å². The molecule has 0 bridgehead atoms. The van der Waals surface area contributed by atoms with Gasteiger partial charge >= 0.3 is 5.97 Å². The average molecular weight is 498 g/mol. The van der Waals surface area contributed by atoms with Gasteiger partial charge in [0.2, 0.25) is 5.89 Å². The van der Waals surface area contributed by atoms with E-state index in [2.05, 4.69) is 48.9 Å². The molecule has 0 radical (unpaired) electrons. The fourth-order valence-corrected chi connectivity index (χ4v) is 4.33. The maximum Gasteiger partial charge on any atom is 0.342 e. The van der Waals surface area contributed by atoms with Crippen LogP contribution >= 0.6 is 27.7 Å². The summed E-state index contributed by atoms with van der Waals surface area (Å²) in [6.45, 7) is 4.60. The van der Waals surface area contributed by atoms with Crippen molar-refractivity contribution < 1.29 is 14.3 Å². The number of fused-ring (bicyclic) bond motifs is 1. The first-order chi connectivity index (χ1) is 15.0. The van der Waals surface area contributed by atoms with Crippen LogP contribution in [0.3, 0.4) is 0 Å². The van der Waals surface area contributed by atoms with E-state index in [1.165, 1.54) is 0 Å². The van der Waals surface area contributed by atoms with E-state index in [4.69, 9.17) is 4.42 Å². The van der Waals surface area contributed by atoms with Crippen LogP contribution in [-0.2, 0) is 17.8 Å². The first-order valence-corrected chi connectivity index (χ1v) is 11.3. The van der Waals surface area contributed by atoms with Gasteiger partial charge in [-0.25, -0.2) is 4.79 Å². The molecule has 0 saturated heterocycles. The Kier molecular flexibility index (Phi) is 6.29. The van der Waals surface area contributed by atoms with Crippen molar-refractivity contribution in [2.75, 3.05) is 0 Å². The summed E-state index contributed by atoms with van der Waals surface area (Å²) < 4.78 is 8.73. The zero-order chi connectivity index (χ0) is 22.0. The summed E-state index contributed by atoms with van der Waals surface area (Å²) in [5.74, 6) is -0.556. The summed E-state index contributed by atoms with van der Waals surface area (Å²) in [6.07, 6.45) is 2.29. The molecule has 0 amide bonds. The van der Waals surface area contributed by atoms with E-state index in [1.807, 2.05) is 44.2 Å². The number of aryl methyl sites for hydroxylation is 1. The molecule has 4 aromatic rings. The molecule has 0 aliphatic heterocycles. The van der Waals surface area contributed by atoms with Crippen LogP contribution in [-0.4, -0.2) is 25.8 Å². The lowest BCUT2D eigenvalue weighted by atomic mass is 10.1. The number of aliphatic carboxylic acids is 1. The van der Waals surface area contributed by atoms with Crippen molar-refractivity contribution in [1.82, 2.24) is 14.8 Å². The second-order valence-corrected chi connectivity index (χ2v) is 8.87. The number of hydrogen-bond donors (Lipinski definition) is 1. The fourth-order valence-electron chi connectivity index (χ4n) is 3.40. The number of hydrogen-bond acceptors (Lipinski definition) is 5. The zero-order valence-electron chi connectivity index (χ0n) is 17.0. The first kappa shape index (κ1) is 21.4. The fraction of sp³-hybridized carbons (Fsp3) is 0.174. The minimum Gasteiger partial charge on any atom is -0.477 e. The third-order valence-electron chi connectivity index (χ3n) is 4.97. The number of carbonyl (C=O) groups is 1. The van der Waals surface area contributed by atoms with Gasteiger partial charge in [0.1, 0.15) is 4.91 Å². The summed E-state index contributed by atoms with van der Waals surface area (Å²) in [4.78, 5) is 12.1. The molecule has 1 N–H and O–H groups in total. The van der Waals surface area contributed by atoms with Crippen LogP contribution in [0.15, 0.2) is 67.5 Å². The van der Waals surface area contributed by atoms with E-state index >= 15 is 0 Å². The second kappa shape index (κ2) is 9.11. The van der Waals surface area contributed by atoms with Gasteiger partial charge in [-0.15, -0.1) is 10.2 Å². The molecule has 4 rings (SSSR count). The third kappa shape index (κ3) is 4.60. The summed E-state index contributed by atoms with van der Waals surface area (Å²) in [7, 11) is 0. The van der Waals surface area contributed by atoms with Gasteiger partial charge in [0, 0.05) is 39.6 Å². The average Bonchev–Trinajstić information content (AvgIpc) is 3.33. The SMILES string of the molecule is CCc1nnc(S/C(=C\c2c(C)n(Cc3ccc(Br)cc3)c3ccccc23)C(=O)O)o1. The topological polar surface area (TPSA) is 81.2 Å². The quantitative estimate of drug-likeness (QED) is 0.252. The van der Waals surface area contributed by atoms with Crippen molar-refractivity contribution in [2.45, 2.75) is 32.0 Å². The number of thioether (sulfide) groups is 1. The minimum absolute atomic E-state index is 0.126. The number of carboxylic acids is 1. The molecule has 0 fully saturated rings. The maximum absolute atomic E-state index is 12.0. The minimum atomic E-state index is -1.04. The van der Waals surface area contributed by atoms with Crippen molar-refractivity contribution in [3.63, 3.8) is 0 Å². The number of aromatic nitrogens is 3. The van der Waals surface area contributed by atoms with Crippen LogP contribution in [0, 0.1) is 6.92 Å². The summed E-state index contributed by atoms with van der Waals surface area (Å²) in [6, 6.07) is 16.2. The molecule has 0 atom stereocenters. The normalized spacial score (nSPS) is 11.9. The van der Waals surface area contributed by atoms with E-state index < -0.39 is 5.97 Å². The Morgan fingerprint density at radius 3 is 2.61 bits per heavy atom. The molecule has 2 aromatic heterocycles. The van der Waals surface area contributed by atoms with Gasteiger partial charge in [0.15, 0.2) is 0 Å². The molecule has 31 heavy (non-hydrogen) atoms. The molecule has 0 aliphatic rings. The van der Waals surface area contributed by atoms with E-state index in [9.17, 15) is 9.90 Å². The summed E-state index contributed by atoms with van der Waals surface area (Å²) in [5, 5.41) is 18.9. The van der Waals surface area contributed by atoms with E-state index in [1.54, 1.807) is 6.08 Å². The predicted octanol–water partition coefficient (Wildman–Crippen LogP) is 5.92. The van der Waals surface area contributed by atoms with Gasteiger partial charge in [0.05, 0.1) is 0 Å². The van der Waals surface area contributed by atoms with Gasteiger partial charge in [-0.05, 0) is 48.5 Å². The number of benzene rings is 2.